The van der Waals surface area contributed by atoms with Crippen molar-refractivity contribution in [2.45, 2.75) is 25.7 Å². The SMILES string of the molecule is Clc1c(Cl)c(Cl)c2c(c1Cl)CCCC2. The molecule has 0 spiro atoms. The first-order chi connectivity index (χ1) is 6.63. The number of hydrogen-bond donors (Lipinski definition) is 0. The molecule has 0 unspecified atom stereocenters. The van der Waals surface area contributed by atoms with Gasteiger partial charge in [0, 0.05) is 0 Å². The lowest BCUT2D eigenvalue weighted by Gasteiger charge is -2.20. The van der Waals surface area contributed by atoms with E-state index < -0.39 is 0 Å². The normalized spacial score (nSPS) is 15.4. The number of rotatable bonds is 0. The second kappa shape index (κ2) is 4.09. The lowest BCUT2D eigenvalue weighted by molar-refractivity contribution is 0.686. The number of fused-ring (bicyclic) bond motifs is 1. The molecule has 14 heavy (non-hydrogen) atoms. The van der Waals surface area contributed by atoms with Crippen LogP contribution >= 0.6 is 46.4 Å². The van der Waals surface area contributed by atoms with Gasteiger partial charge >= 0.3 is 0 Å². The second-order valence-electron chi connectivity index (χ2n) is 3.42. The topological polar surface area (TPSA) is 0 Å². The van der Waals surface area contributed by atoms with Crippen LogP contribution in [-0.4, -0.2) is 0 Å². The summed E-state index contributed by atoms with van der Waals surface area (Å²) >= 11 is 24.2. The van der Waals surface area contributed by atoms with Crippen LogP contribution in [-0.2, 0) is 12.8 Å². The monoisotopic (exact) mass is 268 g/mol. The highest BCUT2D eigenvalue weighted by atomic mass is 35.5. The van der Waals surface area contributed by atoms with E-state index in [9.17, 15) is 0 Å². The second-order valence-corrected chi connectivity index (χ2v) is 4.93. The lowest BCUT2D eigenvalue weighted by Crippen LogP contribution is -2.05. The fourth-order valence-corrected chi connectivity index (χ4v) is 2.97. The van der Waals surface area contributed by atoms with E-state index in [1.165, 1.54) is 0 Å². The Kier molecular flexibility index (Phi) is 3.18. The molecule has 0 radical (unpaired) electrons. The molecule has 0 atom stereocenters. The van der Waals surface area contributed by atoms with E-state index in [1.807, 2.05) is 0 Å². The largest absolute Gasteiger partial charge is 0.0823 e. The van der Waals surface area contributed by atoms with Crippen molar-refractivity contribution in [3.63, 3.8) is 0 Å². The first-order valence-corrected chi connectivity index (χ1v) is 5.97. The van der Waals surface area contributed by atoms with Crippen molar-refractivity contribution in [3.05, 3.63) is 31.2 Å². The Labute approximate surface area is 103 Å². The molecule has 1 aromatic carbocycles. The summed E-state index contributed by atoms with van der Waals surface area (Å²) in [6.45, 7) is 0. The molecule has 0 N–H and O–H groups in total. The Hall–Kier alpha value is 0.380. The first kappa shape index (κ1) is 10.9. The van der Waals surface area contributed by atoms with E-state index in [0.717, 1.165) is 36.8 Å². The molecule has 0 aromatic heterocycles. The Morgan fingerprint density at radius 1 is 0.571 bits per heavy atom. The maximum atomic E-state index is 6.11. The molecule has 4 heteroatoms. The van der Waals surface area contributed by atoms with Crippen LogP contribution < -0.4 is 0 Å². The van der Waals surface area contributed by atoms with Gasteiger partial charge in [-0.1, -0.05) is 46.4 Å². The van der Waals surface area contributed by atoms with Crippen LogP contribution in [0.15, 0.2) is 0 Å². The fraction of sp³-hybridized carbons (Fsp3) is 0.400. The van der Waals surface area contributed by atoms with Crippen LogP contribution in [0, 0.1) is 0 Å². The molecule has 0 nitrogen and oxygen atoms in total. The maximum Gasteiger partial charge on any atom is 0.0796 e. The first-order valence-electron chi connectivity index (χ1n) is 4.46. The summed E-state index contributed by atoms with van der Waals surface area (Å²) in [6.07, 6.45) is 4.18. The van der Waals surface area contributed by atoms with Gasteiger partial charge in [-0.2, -0.15) is 0 Å². The van der Waals surface area contributed by atoms with Gasteiger partial charge in [0.2, 0.25) is 0 Å². The predicted molar refractivity (Wildman–Crippen MR) is 63.1 cm³/mol. The third kappa shape index (κ3) is 1.63. The molecule has 0 heterocycles. The Balaban J connectivity index is 2.71. The number of halogens is 4. The van der Waals surface area contributed by atoms with Crippen LogP contribution in [0.5, 0.6) is 0 Å². The summed E-state index contributed by atoms with van der Waals surface area (Å²) in [4.78, 5) is 0. The van der Waals surface area contributed by atoms with E-state index in [2.05, 4.69) is 0 Å². The minimum absolute atomic E-state index is 0.388. The lowest BCUT2D eigenvalue weighted by atomic mass is 9.91. The average Bonchev–Trinajstić information content (AvgIpc) is 2.23. The van der Waals surface area contributed by atoms with E-state index in [-0.39, 0.29) is 0 Å². The van der Waals surface area contributed by atoms with Gasteiger partial charge < -0.3 is 0 Å². The van der Waals surface area contributed by atoms with Gasteiger partial charge in [-0.05, 0) is 36.8 Å². The van der Waals surface area contributed by atoms with Crippen molar-refractivity contribution < 1.29 is 0 Å². The van der Waals surface area contributed by atoms with Crippen molar-refractivity contribution >= 4 is 46.4 Å². The third-order valence-corrected chi connectivity index (χ3v) is 4.46. The summed E-state index contributed by atoms with van der Waals surface area (Å²) in [7, 11) is 0. The molecule has 2 rings (SSSR count). The highest BCUT2D eigenvalue weighted by Crippen LogP contribution is 2.43. The van der Waals surface area contributed by atoms with Crippen molar-refractivity contribution in [2.24, 2.45) is 0 Å². The molecule has 1 aromatic rings. The summed E-state index contributed by atoms with van der Waals surface area (Å²) in [6, 6.07) is 0. The van der Waals surface area contributed by atoms with Gasteiger partial charge in [0.25, 0.3) is 0 Å². The van der Waals surface area contributed by atoms with E-state index in [4.69, 9.17) is 46.4 Å². The Bertz CT molecular complexity index is 347. The van der Waals surface area contributed by atoms with Gasteiger partial charge in [0.1, 0.15) is 0 Å². The highest BCUT2D eigenvalue weighted by molar-refractivity contribution is 6.52. The molecule has 0 bridgehead atoms. The van der Waals surface area contributed by atoms with Crippen LogP contribution in [0.2, 0.25) is 20.1 Å². The molecule has 76 valence electrons. The molecule has 0 amide bonds. The van der Waals surface area contributed by atoms with E-state index in [0.29, 0.717) is 20.1 Å². The summed E-state index contributed by atoms with van der Waals surface area (Å²) in [5.41, 5.74) is 2.16. The van der Waals surface area contributed by atoms with Crippen molar-refractivity contribution in [2.75, 3.05) is 0 Å². The van der Waals surface area contributed by atoms with Crippen molar-refractivity contribution in [1.29, 1.82) is 0 Å². The van der Waals surface area contributed by atoms with Crippen LogP contribution in [0.4, 0.5) is 0 Å². The molecule has 1 aliphatic carbocycles. The molecular weight excluding hydrogens is 262 g/mol. The minimum atomic E-state index is 0.388. The summed E-state index contributed by atoms with van der Waals surface area (Å²) in [5, 5.41) is 1.93. The zero-order valence-corrected chi connectivity index (χ0v) is 10.4. The van der Waals surface area contributed by atoms with Gasteiger partial charge in [-0.15, -0.1) is 0 Å². The molecule has 0 saturated heterocycles. The van der Waals surface area contributed by atoms with Crippen molar-refractivity contribution in [1.82, 2.24) is 0 Å². The van der Waals surface area contributed by atoms with Gasteiger partial charge in [-0.25, -0.2) is 0 Å². The Morgan fingerprint density at radius 3 is 1.29 bits per heavy atom. The summed E-state index contributed by atoms with van der Waals surface area (Å²) < 4.78 is 0. The molecule has 0 fully saturated rings. The third-order valence-electron chi connectivity index (χ3n) is 2.58. The van der Waals surface area contributed by atoms with Gasteiger partial charge in [0.15, 0.2) is 0 Å². The van der Waals surface area contributed by atoms with Gasteiger partial charge in [0.05, 0.1) is 20.1 Å². The van der Waals surface area contributed by atoms with Crippen LogP contribution in [0.25, 0.3) is 0 Å². The summed E-state index contributed by atoms with van der Waals surface area (Å²) in [5.74, 6) is 0. The standard InChI is InChI=1S/C10H8Cl4/c11-7-5-3-1-2-4-6(5)8(12)10(14)9(7)13/h1-4H2. The molecule has 0 saturated carbocycles. The number of hydrogen-bond acceptors (Lipinski definition) is 0. The van der Waals surface area contributed by atoms with E-state index in [1.54, 1.807) is 0 Å². The van der Waals surface area contributed by atoms with E-state index >= 15 is 0 Å². The molecular formula is C10H8Cl4. The predicted octanol–water partition coefficient (Wildman–Crippen LogP) is 5.18. The Morgan fingerprint density at radius 2 is 0.929 bits per heavy atom. The fourth-order valence-electron chi connectivity index (χ4n) is 1.85. The minimum Gasteiger partial charge on any atom is -0.0823 e. The zero-order chi connectivity index (χ0) is 10.3. The quantitative estimate of drug-likeness (QED) is 0.450. The zero-order valence-electron chi connectivity index (χ0n) is 7.34. The van der Waals surface area contributed by atoms with Gasteiger partial charge in [-0.3, -0.25) is 0 Å². The maximum absolute atomic E-state index is 6.11. The number of benzene rings is 1. The highest BCUT2D eigenvalue weighted by Gasteiger charge is 2.21. The van der Waals surface area contributed by atoms with Crippen molar-refractivity contribution in [3.8, 4) is 0 Å². The van der Waals surface area contributed by atoms with Crippen LogP contribution in [0.3, 0.4) is 0 Å². The molecule has 1 aliphatic rings. The smallest absolute Gasteiger partial charge is 0.0796 e. The average molecular weight is 270 g/mol. The van der Waals surface area contributed by atoms with Crippen LogP contribution in [0.1, 0.15) is 24.0 Å². The molecule has 0 aliphatic heterocycles.